The zero-order valence-corrected chi connectivity index (χ0v) is 27.8. The maximum Gasteiger partial charge on any atom is 0.270 e. The van der Waals surface area contributed by atoms with Gasteiger partial charge in [-0.15, -0.1) is 0 Å². The third kappa shape index (κ3) is 4.28. The molecule has 2 aliphatic heterocycles. The van der Waals surface area contributed by atoms with Gasteiger partial charge < -0.3 is 9.97 Å². The van der Waals surface area contributed by atoms with Gasteiger partial charge in [0.05, 0.1) is 4.92 Å². The topological polar surface area (TPSA) is 152 Å². The first-order chi connectivity index (χ1) is 22.3. The van der Waals surface area contributed by atoms with Gasteiger partial charge in [0.2, 0.25) is 0 Å². The van der Waals surface area contributed by atoms with Crippen LogP contribution in [0.4, 0.5) is 5.69 Å². The van der Waals surface area contributed by atoms with Gasteiger partial charge in [-0.25, -0.2) is 29.9 Å². The lowest BCUT2D eigenvalue weighted by Gasteiger charge is -1.99. The van der Waals surface area contributed by atoms with Gasteiger partial charge in [0.25, 0.3) is 5.69 Å². The first kappa shape index (κ1) is 27.4. The predicted octanol–water partition coefficient (Wildman–Crippen LogP) is 9.06. The van der Waals surface area contributed by atoms with Gasteiger partial charge in [0, 0.05) is 69.3 Å². The van der Waals surface area contributed by atoms with Crippen molar-refractivity contribution in [2.75, 3.05) is 0 Å². The number of benzene rings is 4. The molecule has 0 saturated carbocycles. The fraction of sp³-hybridized carbons (Fsp3) is 0. The van der Waals surface area contributed by atoms with Crippen LogP contribution in [0.2, 0.25) is 0 Å². The first-order valence-electron chi connectivity index (χ1n) is 13.8. The number of aromatic nitrogens is 8. The molecule has 4 aromatic carbocycles. The molecular formula is C32H14Br3N9O2. The third-order valence-electron chi connectivity index (χ3n) is 7.91. The summed E-state index contributed by atoms with van der Waals surface area (Å²) in [5, 5.41) is 14.6. The minimum atomic E-state index is -0.433. The number of halogens is 3. The molecule has 46 heavy (non-hydrogen) atoms. The molecule has 5 heterocycles. The summed E-state index contributed by atoms with van der Waals surface area (Å²) in [4.78, 5) is 47.7. The number of nitro groups is 1. The van der Waals surface area contributed by atoms with Gasteiger partial charge in [0.15, 0.2) is 23.3 Å². The van der Waals surface area contributed by atoms with Crippen LogP contribution in [0.25, 0.3) is 89.7 Å². The second-order valence-electron chi connectivity index (χ2n) is 10.7. The highest BCUT2D eigenvalue weighted by Gasteiger charge is 2.23. The summed E-state index contributed by atoms with van der Waals surface area (Å²) < 4.78 is 2.59. The Kier molecular flexibility index (Phi) is 5.98. The number of hydrogen-bond donors (Lipinski definition) is 2. The lowest BCUT2D eigenvalue weighted by Crippen LogP contribution is -1.87. The summed E-state index contributed by atoms with van der Waals surface area (Å²) in [5.74, 6) is 1.76. The Bertz CT molecular complexity index is 2690. The van der Waals surface area contributed by atoms with Crippen LogP contribution in [0.15, 0.2) is 86.2 Å². The number of nitro benzene ring substituents is 1. The molecule has 220 valence electrons. The number of non-ortho nitro benzene ring substituents is 1. The van der Waals surface area contributed by atoms with E-state index in [-0.39, 0.29) is 5.69 Å². The fourth-order valence-electron chi connectivity index (χ4n) is 5.81. The van der Waals surface area contributed by atoms with E-state index in [0.717, 1.165) is 46.4 Å². The van der Waals surface area contributed by atoms with Crippen molar-refractivity contribution in [1.29, 1.82) is 0 Å². The Hall–Kier alpha value is -4.92. The molecule has 3 aromatic heterocycles. The van der Waals surface area contributed by atoms with Gasteiger partial charge in [-0.05, 0) is 60.7 Å². The molecule has 0 spiro atoms. The molecule has 14 heteroatoms. The van der Waals surface area contributed by atoms with Crippen molar-refractivity contribution in [3.8, 4) is 45.6 Å². The molecule has 9 rings (SSSR count). The average molecular weight is 796 g/mol. The lowest BCUT2D eigenvalue weighted by atomic mass is 10.1. The Labute approximate surface area is 282 Å². The molecule has 0 atom stereocenters. The van der Waals surface area contributed by atoms with Crippen molar-refractivity contribution < 1.29 is 4.92 Å². The van der Waals surface area contributed by atoms with Gasteiger partial charge in [-0.3, -0.25) is 10.1 Å². The zero-order valence-electron chi connectivity index (χ0n) is 23.0. The van der Waals surface area contributed by atoms with E-state index in [1.807, 2.05) is 54.6 Å². The quantitative estimate of drug-likeness (QED) is 0.123. The zero-order chi connectivity index (χ0) is 31.3. The molecule has 0 unspecified atom stereocenters. The highest BCUT2D eigenvalue weighted by atomic mass is 79.9. The molecule has 0 radical (unpaired) electrons. The maximum absolute atomic E-state index is 11.8. The molecule has 2 N–H and O–H groups in total. The molecule has 0 fully saturated rings. The normalized spacial score (nSPS) is 12.0. The smallest absolute Gasteiger partial charge is 0.270 e. The average Bonchev–Trinajstić information content (AvgIpc) is 3.75. The van der Waals surface area contributed by atoms with Gasteiger partial charge in [0.1, 0.15) is 22.6 Å². The van der Waals surface area contributed by atoms with Crippen LogP contribution in [0.3, 0.4) is 0 Å². The van der Waals surface area contributed by atoms with Crippen LogP contribution in [0.1, 0.15) is 0 Å². The van der Waals surface area contributed by atoms with Gasteiger partial charge in [-0.2, -0.15) is 0 Å². The number of nitrogens with one attached hydrogen (secondary N) is 2. The van der Waals surface area contributed by atoms with Crippen LogP contribution in [-0.4, -0.2) is 44.8 Å². The monoisotopic (exact) mass is 793 g/mol. The van der Waals surface area contributed by atoms with E-state index in [2.05, 4.69) is 57.8 Å². The van der Waals surface area contributed by atoms with Crippen molar-refractivity contribution >= 4 is 97.6 Å². The molecule has 0 saturated heterocycles. The molecule has 2 aliphatic rings. The van der Waals surface area contributed by atoms with Crippen LogP contribution >= 0.6 is 47.8 Å². The summed E-state index contributed by atoms with van der Waals surface area (Å²) in [6.07, 6.45) is 0. The lowest BCUT2D eigenvalue weighted by molar-refractivity contribution is -0.384. The number of H-pyrrole nitrogens is 2. The number of nitrogens with zero attached hydrogens (tertiary/aromatic N) is 7. The molecular weight excluding hydrogens is 782 g/mol. The minimum Gasteiger partial charge on any atom is -0.324 e. The van der Waals surface area contributed by atoms with Crippen molar-refractivity contribution in [2.45, 2.75) is 0 Å². The maximum atomic E-state index is 11.8. The fourth-order valence-corrected chi connectivity index (χ4v) is 6.90. The van der Waals surface area contributed by atoms with E-state index in [1.165, 1.54) is 12.1 Å². The van der Waals surface area contributed by atoms with Crippen molar-refractivity contribution in [3.05, 3.63) is 96.3 Å². The predicted molar refractivity (Wildman–Crippen MR) is 186 cm³/mol. The standard InChI is InChI=1S/C32H14Br3N9O2/c33-13-1-5-17-21(9-13)29-37-25(17)36-26-18-6-2-15(35)11-23(18)31(38-26)43-32-24-12-16(44(45)46)4-8-20(24)28(42-32)41-30-22-10-14(34)3-7-19(22)27(39-29)40-30/h1-12H,(H2,36,37,38,39,40,41,42,43). The van der Waals surface area contributed by atoms with E-state index in [9.17, 15) is 10.1 Å². The highest BCUT2D eigenvalue weighted by Crippen LogP contribution is 2.39. The van der Waals surface area contributed by atoms with Crippen molar-refractivity contribution in [2.24, 2.45) is 0 Å². The van der Waals surface area contributed by atoms with Crippen molar-refractivity contribution in [1.82, 2.24) is 39.9 Å². The van der Waals surface area contributed by atoms with E-state index in [4.69, 9.17) is 29.9 Å². The number of hydrogen-bond acceptors (Lipinski definition) is 8. The van der Waals surface area contributed by atoms with Crippen LogP contribution in [-0.2, 0) is 0 Å². The van der Waals surface area contributed by atoms with E-state index >= 15 is 0 Å². The number of rotatable bonds is 1. The molecule has 0 amide bonds. The molecule has 8 bridgehead atoms. The Morgan fingerprint density at radius 3 is 1.41 bits per heavy atom. The Balaban J connectivity index is 1.50. The number of aromatic amines is 2. The summed E-state index contributed by atoms with van der Waals surface area (Å²) in [6, 6.07) is 22.1. The largest absolute Gasteiger partial charge is 0.324 e. The second kappa shape index (κ2) is 10.0. The summed E-state index contributed by atoms with van der Waals surface area (Å²) in [7, 11) is 0. The van der Waals surface area contributed by atoms with Gasteiger partial charge in [-0.1, -0.05) is 47.8 Å². The van der Waals surface area contributed by atoms with Crippen LogP contribution in [0, 0.1) is 10.1 Å². The van der Waals surface area contributed by atoms with Gasteiger partial charge >= 0.3 is 0 Å². The summed E-state index contributed by atoms with van der Waals surface area (Å²) in [6.45, 7) is 0. The second-order valence-corrected chi connectivity index (χ2v) is 13.4. The third-order valence-corrected chi connectivity index (χ3v) is 9.39. The molecule has 7 aromatic rings. The highest BCUT2D eigenvalue weighted by molar-refractivity contribution is 9.11. The summed E-state index contributed by atoms with van der Waals surface area (Å²) in [5.41, 5.74) is 5.03. The van der Waals surface area contributed by atoms with E-state index in [0.29, 0.717) is 56.7 Å². The molecule has 0 aliphatic carbocycles. The minimum absolute atomic E-state index is 0.0677. The number of fused-ring (bicyclic) bond motifs is 20. The van der Waals surface area contributed by atoms with E-state index in [1.54, 1.807) is 6.07 Å². The summed E-state index contributed by atoms with van der Waals surface area (Å²) >= 11 is 10.8. The first-order valence-corrected chi connectivity index (χ1v) is 16.2. The van der Waals surface area contributed by atoms with E-state index < -0.39 is 4.92 Å². The van der Waals surface area contributed by atoms with Crippen LogP contribution in [0.5, 0.6) is 0 Å². The van der Waals surface area contributed by atoms with Crippen LogP contribution < -0.4 is 0 Å². The Morgan fingerprint density at radius 1 is 0.478 bits per heavy atom. The van der Waals surface area contributed by atoms with Crippen molar-refractivity contribution in [3.63, 3.8) is 0 Å². The Morgan fingerprint density at radius 2 is 0.891 bits per heavy atom. The molecule has 11 nitrogen and oxygen atoms in total. The SMILES string of the molecule is O=[N+]([O-])c1ccc2c3nc4nc(nc5[nH]c(nc6nc(nc([nH]3)c2c1)-c1cc(Br)ccc1-6)c1ccc(Br)cc51)-c1ccc(Br)cc1-4.